The molecule has 0 aromatic carbocycles. The van der Waals surface area contributed by atoms with Crippen molar-refractivity contribution < 1.29 is 0 Å². The van der Waals surface area contributed by atoms with Crippen molar-refractivity contribution in [2.45, 2.75) is 51.0 Å². The van der Waals surface area contributed by atoms with Gasteiger partial charge in [0, 0.05) is 12.4 Å². The second-order valence-corrected chi connectivity index (χ2v) is 4.81. The van der Waals surface area contributed by atoms with Gasteiger partial charge >= 0.3 is 0 Å². The van der Waals surface area contributed by atoms with E-state index < -0.39 is 0 Å². The quantitative estimate of drug-likeness (QED) is 0.795. The van der Waals surface area contributed by atoms with E-state index in [-0.39, 0.29) is 6.04 Å². The fourth-order valence-electron chi connectivity index (χ4n) is 2.57. The molecule has 1 atom stereocenters. The molecule has 16 heavy (non-hydrogen) atoms. The predicted octanol–water partition coefficient (Wildman–Crippen LogP) is 2.84. The molecule has 0 saturated heterocycles. The van der Waals surface area contributed by atoms with Gasteiger partial charge in [0.15, 0.2) is 0 Å². The Morgan fingerprint density at radius 2 is 1.75 bits per heavy atom. The van der Waals surface area contributed by atoms with Gasteiger partial charge in [0.05, 0.1) is 6.04 Å². The second-order valence-electron chi connectivity index (χ2n) is 4.81. The van der Waals surface area contributed by atoms with Crippen LogP contribution in [0.2, 0.25) is 0 Å². The van der Waals surface area contributed by atoms with Crippen molar-refractivity contribution in [2.24, 2.45) is 11.7 Å². The normalized spacial score (nSPS) is 20.3. The zero-order valence-corrected chi connectivity index (χ0v) is 9.81. The summed E-state index contributed by atoms with van der Waals surface area (Å²) < 4.78 is 0. The summed E-state index contributed by atoms with van der Waals surface area (Å²) in [7, 11) is 0. The molecule has 1 aliphatic rings. The molecule has 0 bridgehead atoms. The molecule has 0 aliphatic heterocycles. The zero-order valence-electron chi connectivity index (χ0n) is 9.81. The van der Waals surface area contributed by atoms with Crippen molar-refractivity contribution in [3.05, 3.63) is 24.3 Å². The minimum absolute atomic E-state index is 0.0179. The van der Waals surface area contributed by atoms with Crippen LogP contribution in [0, 0.1) is 5.92 Å². The topological polar surface area (TPSA) is 51.8 Å². The summed E-state index contributed by atoms with van der Waals surface area (Å²) in [5, 5.41) is 0. The molecule has 88 valence electrons. The number of hydrogen-bond donors (Lipinski definition) is 1. The fourth-order valence-corrected chi connectivity index (χ4v) is 2.57. The van der Waals surface area contributed by atoms with Crippen molar-refractivity contribution in [3.8, 4) is 0 Å². The maximum absolute atomic E-state index is 6.15. The first-order valence-corrected chi connectivity index (χ1v) is 6.39. The van der Waals surface area contributed by atoms with Gasteiger partial charge in [-0.05, 0) is 18.4 Å². The summed E-state index contributed by atoms with van der Waals surface area (Å²) in [5.41, 5.74) is 6.15. The van der Waals surface area contributed by atoms with E-state index in [4.69, 9.17) is 5.73 Å². The summed E-state index contributed by atoms with van der Waals surface area (Å²) in [5.74, 6) is 1.58. The molecule has 0 radical (unpaired) electrons. The Morgan fingerprint density at radius 3 is 2.38 bits per heavy atom. The largest absolute Gasteiger partial charge is 0.321 e. The van der Waals surface area contributed by atoms with E-state index in [1.807, 2.05) is 6.07 Å². The standard InChI is InChI=1S/C13H21N3/c14-12(13-15-8-5-9-16-13)10-11-6-3-1-2-4-7-11/h5,8-9,11-12H,1-4,6-7,10,14H2/t12-/m0/s1. The third kappa shape index (κ3) is 3.27. The van der Waals surface area contributed by atoms with Gasteiger partial charge in [0.1, 0.15) is 5.82 Å². The summed E-state index contributed by atoms with van der Waals surface area (Å²) in [6.07, 6.45) is 12.8. The molecule has 1 saturated carbocycles. The lowest BCUT2D eigenvalue weighted by molar-refractivity contribution is 0.386. The van der Waals surface area contributed by atoms with Crippen LogP contribution in [0.3, 0.4) is 0 Å². The van der Waals surface area contributed by atoms with E-state index in [2.05, 4.69) is 9.97 Å². The van der Waals surface area contributed by atoms with E-state index >= 15 is 0 Å². The maximum atomic E-state index is 6.15. The van der Waals surface area contributed by atoms with E-state index in [9.17, 15) is 0 Å². The van der Waals surface area contributed by atoms with Gasteiger partial charge in [-0.15, -0.1) is 0 Å². The van der Waals surface area contributed by atoms with Crippen LogP contribution >= 0.6 is 0 Å². The van der Waals surface area contributed by atoms with Crippen LogP contribution in [0.25, 0.3) is 0 Å². The average Bonchev–Trinajstić information content (AvgIpc) is 2.59. The van der Waals surface area contributed by atoms with E-state index in [0.717, 1.165) is 18.2 Å². The monoisotopic (exact) mass is 219 g/mol. The molecule has 1 heterocycles. The molecule has 1 aromatic heterocycles. The van der Waals surface area contributed by atoms with Crippen LogP contribution in [0.1, 0.15) is 56.8 Å². The van der Waals surface area contributed by atoms with E-state index in [0.29, 0.717) is 0 Å². The SMILES string of the molecule is N[C@@H](CC1CCCCCC1)c1ncccn1. The first kappa shape index (κ1) is 11.5. The van der Waals surface area contributed by atoms with Gasteiger partial charge in [0.2, 0.25) is 0 Å². The molecule has 3 nitrogen and oxygen atoms in total. The van der Waals surface area contributed by atoms with Crippen LogP contribution in [0.4, 0.5) is 0 Å². The van der Waals surface area contributed by atoms with E-state index in [1.165, 1.54) is 38.5 Å². The molecule has 2 N–H and O–H groups in total. The zero-order chi connectivity index (χ0) is 11.2. The Morgan fingerprint density at radius 1 is 1.12 bits per heavy atom. The highest BCUT2D eigenvalue weighted by atomic mass is 14.9. The predicted molar refractivity (Wildman–Crippen MR) is 64.8 cm³/mol. The highest BCUT2D eigenvalue weighted by molar-refractivity contribution is 4.95. The molecule has 0 spiro atoms. The smallest absolute Gasteiger partial charge is 0.144 e. The third-order valence-corrected chi connectivity index (χ3v) is 3.48. The Hall–Kier alpha value is -0.960. The Labute approximate surface area is 97.5 Å². The van der Waals surface area contributed by atoms with Gasteiger partial charge in [-0.25, -0.2) is 9.97 Å². The lowest BCUT2D eigenvalue weighted by Crippen LogP contribution is -2.17. The maximum Gasteiger partial charge on any atom is 0.144 e. The van der Waals surface area contributed by atoms with Crippen molar-refractivity contribution in [1.82, 2.24) is 9.97 Å². The van der Waals surface area contributed by atoms with Crippen molar-refractivity contribution in [3.63, 3.8) is 0 Å². The minimum atomic E-state index is 0.0179. The Balaban J connectivity index is 1.88. The van der Waals surface area contributed by atoms with Gasteiger partial charge < -0.3 is 5.73 Å². The van der Waals surface area contributed by atoms with Crippen LogP contribution < -0.4 is 5.73 Å². The molecular weight excluding hydrogens is 198 g/mol. The number of hydrogen-bond acceptors (Lipinski definition) is 3. The fraction of sp³-hybridized carbons (Fsp3) is 0.692. The third-order valence-electron chi connectivity index (χ3n) is 3.48. The Bertz CT molecular complexity index is 291. The molecule has 1 aromatic rings. The van der Waals surface area contributed by atoms with Crippen LogP contribution in [-0.2, 0) is 0 Å². The summed E-state index contributed by atoms with van der Waals surface area (Å²) in [4.78, 5) is 8.46. The average molecular weight is 219 g/mol. The molecule has 1 fully saturated rings. The summed E-state index contributed by atoms with van der Waals surface area (Å²) >= 11 is 0. The number of aromatic nitrogens is 2. The Kier molecular flexibility index (Phi) is 4.28. The highest BCUT2D eigenvalue weighted by Gasteiger charge is 2.17. The molecule has 3 heteroatoms. The van der Waals surface area contributed by atoms with Gasteiger partial charge in [-0.3, -0.25) is 0 Å². The van der Waals surface area contributed by atoms with Crippen molar-refractivity contribution in [1.29, 1.82) is 0 Å². The van der Waals surface area contributed by atoms with Crippen molar-refractivity contribution >= 4 is 0 Å². The van der Waals surface area contributed by atoms with E-state index in [1.54, 1.807) is 12.4 Å². The molecular formula is C13H21N3. The molecule has 0 unspecified atom stereocenters. The number of rotatable bonds is 3. The number of nitrogens with zero attached hydrogens (tertiary/aromatic N) is 2. The summed E-state index contributed by atoms with van der Waals surface area (Å²) in [6, 6.07) is 1.85. The van der Waals surface area contributed by atoms with Crippen LogP contribution in [0.5, 0.6) is 0 Å². The molecule has 2 rings (SSSR count). The lowest BCUT2D eigenvalue weighted by Gasteiger charge is -2.18. The second kappa shape index (κ2) is 5.94. The summed E-state index contributed by atoms with van der Waals surface area (Å²) in [6.45, 7) is 0. The first-order chi connectivity index (χ1) is 7.86. The molecule has 0 amide bonds. The van der Waals surface area contributed by atoms with Crippen molar-refractivity contribution in [2.75, 3.05) is 0 Å². The van der Waals surface area contributed by atoms with Crippen LogP contribution in [-0.4, -0.2) is 9.97 Å². The molecule has 1 aliphatic carbocycles. The first-order valence-electron chi connectivity index (χ1n) is 6.39. The minimum Gasteiger partial charge on any atom is -0.321 e. The van der Waals surface area contributed by atoms with Gasteiger partial charge in [-0.1, -0.05) is 38.5 Å². The highest BCUT2D eigenvalue weighted by Crippen LogP contribution is 2.28. The van der Waals surface area contributed by atoms with Gasteiger partial charge in [0.25, 0.3) is 0 Å². The number of nitrogens with two attached hydrogens (primary N) is 1. The lowest BCUT2D eigenvalue weighted by atomic mass is 9.92. The van der Waals surface area contributed by atoms with Crippen LogP contribution in [0.15, 0.2) is 18.5 Å². The van der Waals surface area contributed by atoms with Gasteiger partial charge in [-0.2, -0.15) is 0 Å².